The van der Waals surface area contributed by atoms with Crippen LogP contribution in [0.1, 0.15) is 79.6 Å². The summed E-state index contributed by atoms with van der Waals surface area (Å²) >= 11 is 0. The van der Waals surface area contributed by atoms with Crippen molar-refractivity contribution in [2.75, 3.05) is 0 Å². The lowest BCUT2D eigenvalue weighted by Gasteiger charge is -2.44. The smallest absolute Gasteiger partial charge is 0.0811 e. The van der Waals surface area contributed by atoms with E-state index in [4.69, 9.17) is 0 Å². The van der Waals surface area contributed by atoms with E-state index in [1.165, 1.54) is 31.3 Å². The fraction of sp³-hybridized carbons (Fsp3) is 0.714. The van der Waals surface area contributed by atoms with E-state index < -0.39 is 17.8 Å². The quantitative estimate of drug-likeness (QED) is 0.490. The van der Waals surface area contributed by atoms with Crippen LogP contribution in [0.4, 0.5) is 0 Å². The van der Waals surface area contributed by atoms with Gasteiger partial charge in [-0.3, -0.25) is 0 Å². The number of aliphatic hydroxyl groups is 3. The summed E-state index contributed by atoms with van der Waals surface area (Å²) in [5.74, 6) is 1.91. The molecule has 0 aliphatic heterocycles. The van der Waals surface area contributed by atoms with E-state index >= 15 is 0 Å². The van der Waals surface area contributed by atoms with Crippen LogP contribution in [-0.2, 0) is 0 Å². The highest BCUT2D eigenvalue weighted by Crippen LogP contribution is 2.59. The molecular weight excluding hydrogens is 384 g/mol. The van der Waals surface area contributed by atoms with E-state index in [1.54, 1.807) is 0 Å². The van der Waals surface area contributed by atoms with Gasteiger partial charge < -0.3 is 15.3 Å². The first-order valence-electron chi connectivity index (χ1n) is 12.3. The summed E-state index contributed by atoms with van der Waals surface area (Å²) in [7, 11) is 0. The predicted octanol–water partition coefficient (Wildman–Crippen LogP) is 5.73. The molecule has 3 N–H and O–H groups in total. The molecule has 3 saturated carbocycles. The van der Waals surface area contributed by atoms with Crippen LogP contribution in [0, 0.1) is 29.1 Å². The SMILES string of the molecule is C=C1/C(=C/C=C2\CCC[C@]3(C)[C@@H]([C@H](C)/C=C/[C@@H](C)C(C)(C)O)CC[C@@H]23)C[C@H](O)C[C@@H]1O. The Morgan fingerprint density at radius 3 is 2.52 bits per heavy atom. The second kappa shape index (κ2) is 9.37. The van der Waals surface area contributed by atoms with E-state index in [2.05, 4.69) is 51.7 Å². The van der Waals surface area contributed by atoms with Gasteiger partial charge in [-0.15, -0.1) is 0 Å². The topological polar surface area (TPSA) is 60.7 Å². The van der Waals surface area contributed by atoms with Crippen LogP contribution in [0.3, 0.4) is 0 Å². The predicted molar refractivity (Wildman–Crippen MR) is 128 cm³/mol. The molecule has 0 radical (unpaired) electrons. The van der Waals surface area contributed by atoms with Crippen LogP contribution in [-0.4, -0.2) is 33.1 Å². The molecule has 3 aliphatic carbocycles. The summed E-state index contributed by atoms with van der Waals surface area (Å²) in [6, 6.07) is 0. The summed E-state index contributed by atoms with van der Waals surface area (Å²) in [6.45, 7) is 14.7. The third kappa shape index (κ3) is 5.26. The summed E-state index contributed by atoms with van der Waals surface area (Å²) in [5, 5.41) is 30.4. The van der Waals surface area contributed by atoms with Crippen molar-refractivity contribution in [1.29, 1.82) is 0 Å². The minimum absolute atomic E-state index is 0.141. The van der Waals surface area contributed by atoms with Gasteiger partial charge in [-0.05, 0) is 86.7 Å². The largest absolute Gasteiger partial charge is 0.393 e. The third-order valence-corrected chi connectivity index (χ3v) is 8.75. The van der Waals surface area contributed by atoms with Crippen LogP contribution in [0.2, 0.25) is 0 Å². The molecule has 31 heavy (non-hydrogen) atoms. The van der Waals surface area contributed by atoms with Crippen LogP contribution in [0.25, 0.3) is 0 Å². The second-order valence-corrected chi connectivity index (χ2v) is 11.4. The van der Waals surface area contributed by atoms with Crippen LogP contribution < -0.4 is 0 Å². The molecule has 0 heterocycles. The normalized spacial score (nSPS) is 39.3. The van der Waals surface area contributed by atoms with Gasteiger partial charge in [0.25, 0.3) is 0 Å². The van der Waals surface area contributed by atoms with Crippen molar-refractivity contribution in [2.24, 2.45) is 29.1 Å². The second-order valence-electron chi connectivity index (χ2n) is 11.4. The first-order chi connectivity index (χ1) is 14.4. The number of allylic oxidation sites excluding steroid dienone is 4. The van der Waals surface area contributed by atoms with Crippen LogP contribution in [0.15, 0.2) is 47.6 Å². The summed E-state index contributed by atoms with van der Waals surface area (Å²) in [4.78, 5) is 0. The Bertz CT molecular complexity index is 753. The molecule has 0 saturated heterocycles. The molecule has 0 spiro atoms. The maximum absolute atomic E-state index is 10.3. The van der Waals surface area contributed by atoms with Crippen molar-refractivity contribution in [1.82, 2.24) is 0 Å². The Kier molecular flexibility index (Phi) is 7.40. The molecular formula is C28H44O3. The maximum Gasteiger partial charge on any atom is 0.0811 e. The van der Waals surface area contributed by atoms with Gasteiger partial charge in [-0.2, -0.15) is 0 Å². The molecule has 0 aromatic rings. The third-order valence-electron chi connectivity index (χ3n) is 8.75. The van der Waals surface area contributed by atoms with Gasteiger partial charge in [0, 0.05) is 12.3 Å². The van der Waals surface area contributed by atoms with Crippen molar-refractivity contribution in [3.63, 3.8) is 0 Å². The molecule has 3 rings (SSSR count). The minimum Gasteiger partial charge on any atom is -0.393 e. The monoisotopic (exact) mass is 428 g/mol. The van der Waals surface area contributed by atoms with E-state index in [0.717, 1.165) is 17.6 Å². The van der Waals surface area contributed by atoms with E-state index in [0.29, 0.717) is 36.0 Å². The molecule has 0 aromatic heterocycles. The zero-order valence-corrected chi connectivity index (χ0v) is 20.3. The molecule has 3 aliphatic rings. The first-order valence-corrected chi connectivity index (χ1v) is 12.3. The first kappa shape index (κ1) is 24.5. The summed E-state index contributed by atoms with van der Waals surface area (Å²) in [5.41, 5.74) is 2.93. The average Bonchev–Trinajstić information content (AvgIpc) is 3.04. The van der Waals surface area contributed by atoms with Gasteiger partial charge in [-0.1, -0.05) is 57.2 Å². The molecule has 3 nitrogen and oxygen atoms in total. The highest BCUT2D eigenvalue weighted by molar-refractivity contribution is 5.38. The van der Waals surface area contributed by atoms with Gasteiger partial charge in [0.05, 0.1) is 17.8 Å². The Morgan fingerprint density at radius 1 is 1.13 bits per heavy atom. The lowest BCUT2D eigenvalue weighted by molar-refractivity contribution is 0.0436. The Morgan fingerprint density at radius 2 is 1.84 bits per heavy atom. The van der Waals surface area contributed by atoms with Crippen molar-refractivity contribution in [2.45, 2.75) is 97.4 Å². The molecule has 0 unspecified atom stereocenters. The molecule has 174 valence electrons. The van der Waals surface area contributed by atoms with Crippen molar-refractivity contribution < 1.29 is 15.3 Å². The maximum atomic E-state index is 10.3. The van der Waals surface area contributed by atoms with Crippen LogP contribution in [0.5, 0.6) is 0 Å². The number of rotatable bonds is 5. The summed E-state index contributed by atoms with van der Waals surface area (Å²) in [6.07, 6.45) is 15.0. The van der Waals surface area contributed by atoms with Crippen molar-refractivity contribution in [3.8, 4) is 0 Å². The van der Waals surface area contributed by atoms with E-state index in [-0.39, 0.29) is 5.92 Å². The van der Waals surface area contributed by atoms with Crippen LogP contribution >= 0.6 is 0 Å². The molecule has 0 bridgehead atoms. The van der Waals surface area contributed by atoms with E-state index in [1.807, 2.05) is 13.8 Å². The molecule has 3 fully saturated rings. The van der Waals surface area contributed by atoms with Gasteiger partial charge in [0.2, 0.25) is 0 Å². The lowest BCUT2D eigenvalue weighted by Crippen LogP contribution is -2.35. The molecule has 0 aromatic carbocycles. The number of hydrogen-bond donors (Lipinski definition) is 3. The minimum atomic E-state index is -0.684. The summed E-state index contributed by atoms with van der Waals surface area (Å²) < 4.78 is 0. The number of hydrogen-bond acceptors (Lipinski definition) is 3. The van der Waals surface area contributed by atoms with Gasteiger partial charge >= 0.3 is 0 Å². The number of fused-ring (bicyclic) bond motifs is 1. The molecule has 0 amide bonds. The van der Waals surface area contributed by atoms with Gasteiger partial charge in [-0.25, -0.2) is 0 Å². The van der Waals surface area contributed by atoms with Crippen molar-refractivity contribution >= 4 is 0 Å². The standard InChI is InChI=1S/C28H44O3/c1-18(9-10-19(2)27(4,5)31)24-13-14-25-21(8-7-15-28(24,25)6)11-12-22-16-23(29)17-26(30)20(22)3/h9-12,18-19,23-26,29-31H,3,7-8,13-17H2,1-2,4-6H3/b10-9+,21-11+,22-12+/t18-,19-,23+,24-,25+,26+,28-/m1/s1. The highest BCUT2D eigenvalue weighted by Gasteiger charge is 2.50. The van der Waals surface area contributed by atoms with Crippen molar-refractivity contribution in [3.05, 3.63) is 47.6 Å². The lowest BCUT2D eigenvalue weighted by atomic mass is 9.61. The van der Waals surface area contributed by atoms with Gasteiger partial charge in [0.15, 0.2) is 0 Å². The zero-order valence-electron chi connectivity index (χ0n) is 20.3. The fourth-order valence-electron chi connectivity index (χ4n) is 6.32. The molecule has 7 atom stereocenters. The number of aliphatic hydroxyl groups excluding tert-OH is 2. The van der Waals surface area contributed by atoms with E-state index in [9.17, 15) is 15.3 Å². The fourth-order valence-corrected chi connectivity index (χ4v) is 6.32. The molecule has 3 heteroatoms. The zero-order chi connectivity index (χ0) is 23.0. The Labute approximate surface area is 189 Å². The van der Waals surface area contributed by atoms with Gasteiger partial charge in [0.1, 0.15) is 0 Å². The highest BCUT2D eigenvalue weighted by atomic mass is 16.3. The Balaban J connectivity index is 1.76. The Hall–Kier alpha value is -1.16. The average molecular weight is 429 g/mol.